The number of carbonyl (C=O) groups excluding carboxylic acids is 1. The molecule has 100 valence electrons. The van der Waals surface area contributed by atoms with Gasteiger partial charge in [0.15, 0.2) is 5.78 Å². The molecule has 0 fully saturated rings. The second kappa shape index (κ2) is 6.16. The maximum atomic E-state index is 12.4. The highest BCUT2D eigenvalue weighted by molar-refractivity contribution is 5.98. The average Bonchev–Trinajstić information content (AvgIpc) is 2.48. The molecule has 1 unspecified atom stereocenters. The Kier molecular flexibility index (Phi) is 4.32. The van der Waals surface area contributed by atoms with E-state index >= 15 is 0 Å². The number of hydrogen-bond acceptors (Lipinski definition) is 2. The molecular formula is C18H17NO. The van der Waals surface area contributed by atoms with Gasteiger partial charge in [-0.1, -0.05) is 48.0 Å². The predicted molar refractivity (Wildman–Crippen MR) is 79.7 cm³/mol. The Morgan fingerprint density at radius 1 is 1.15 bits per heavy atom. The zero-order valence-electron chi connectivity index (χ0n) is 11.8. The van der Waals surface area contributed by atoms with Crippen molar-refractivity contribution in [1.29, 1.82) is 5.26 Å². The van der Waals surface area contributed by atoms with E-state index in [4.69, 9.17) is 0 Å². The first-order valence-corrected chi connectivity index (χ1v) is 6.67. The standard InChI is InChI=1S/C18H17NO/c1-13-8-9-14(2)17(10-13)18(20)11-16(12-19)15-6-4-3-5-7-15/h3-10,16H,11H2,1-2H3. The van der Waals surface area contributed by atoms with Crippen molar-refractivity contribution in [1.82, 2.24) is 0 Å². The number of hydrogen-bond donors (Lipinski definition) is 0. The van der Waals surface area contributed by atoms with E-state index in [9.17, 15) is 10.1 Å². The molecular weight excluding hydrogens is 246 g/mol. The maximum absolute atomic E-state index is 12.4. The fourth-order valence-corrected chi connectivity index (χ4v) is 2.25. The van der Waals surface area contributed by atoms with Crippen LogP contribution in [-0.4, -0.2) is 5.78 Å². The third-order valence-corrected chi connectivity index (χ3v) is 3.44. The molecule has 0 bridgehead atoms. The lowest BCUT2D eigenvalue weighted by atomic mass is 9.91. The Labute approximate surface area is 119 Å². The van der Waals surface area contributed by atoms with Crippen molar-refractivity contribution < 1.29 is 4.79 Å². The van der Waals surface area contributed by atoms with Gasteiger partial charge in [-0.25, -0.2) is 0 Å². The molecule has 0 saturated heterocycles. The van der Waals surface area contributed by atoms with Gasteiger partial charge < -0.3 is 0 Å². The van der Waals surface area contributed by atoms with Gasteiger partial charge >= 0.3 is 0 Å². The van der Waals surface area contributed by atoms with Gasteiger partial charge in [-0.3, -0.25) is 4.79 Å². The van der Waals surface area contributed by atoms with Gasteiger partial charge in [0, 0.05) is 12.0 Å². The van der Waals surface area contributed by atoms with Gasteiger partial charge in [-0.05, 0) is 31.0 Å². The molecule has 2 aromatic rings. The molecule has 1 atom stereocenters. The summed E-state index contributed by atoms with van der Waals surface area (Å²) in [5.74, 6) is -0.356. The molecule has 0 aliphatic carbocycles. The van der Waals surface area contributed by atoms with E-state index in [1.807, 2.05) is 62.4 Å². The van der Waals surface area contributed by atoms with Crippen molar-refractivity contribution in [2.75, 3.05) is 0 Å². The smallest absolute Gasteiger partial charge is 0.164 e. The normalized spacial score (nSPS) is 11.7. The van der Waals surface area contributed by atoms with Crippen LogP contribution in [0.2, 0.25) is 0 Å². The Morgan fingerprint density at radius 3 is 2.50 bits per heavy atom. The molecule has 2 rings (SSSR count). The van der Waals surface area contributed by atoms with E-state index in [1.165, 1.54) is 0 Å². The number of ketones is 1. The Hall–Kier alpha value is -2.40. The highest BCUT2D eigenvalue weighted by Gasteiger charge is 2.17. The lowest BCUT2D eigenvalue weighted by Crippen LogP contribution is -2.08. The summed E-state index contributed by atoms with van der Waals surface area (Å²) in [4.78, 5) is 12.4. The fourth-order valence-electron chi connectivity index (χ4n) is 2.25. The largest absolute Gasteiger partial charge is 0.294 e. The third kappa shape index (κ3) is 3.13. The average molecular weight is 263 g/mol. The maximum Gasteiger partial charge on any atom is 0.164 e. The van der Waals surface area contributed by atoms with Crippen LogP contribution in [0.4, 0.5) is 0 Å². The lowest BCUT2D eigenvalue weighted by Gasteiger charge is -2.10. The summed E-state index contributed by atoms with van der Waals surface area (Å²) >= 11 is 0. The van der Waals surface area contributed by atoms with Crippen molar-refractivity contribution in [2.24, 2.45) is 0 Å². The predicted octanol–water partition coefficient (Wildman–Crippen LogP) is 4.18. The minimum Gasteiger partial charge on any atom is -0.294 e. The number of Topliss-reactive ketones (excluding diaryl/α,β-unsaturated/α-hetero) is 1. The van der Waals surface area contributed by atoms with Crippen molar-refractivity contribution >= 4 is 5.78 Å². The Bertz CT molecular complexity index is 653. The molecule has 0 spiro atoms. The molecule has 0 aliphatic heterocycles. The van der Waals surface area contributed by atoms with Gasteiger partial charge in [-0.2, -0.15) is 5.26 Å². The van der Waals surface area contributed by atoms with Crippen LogP contribution in [0, 0.1) is 25.2 Å². The summed E-state index contributed by atoms with van der Waals surface area (Å²) in [5, 5.41) is 9.30. The highest BCUT2D eigenvalue weighted by Crippen LogP contribution is 2.22. The molecule has 0 saturated carbocycles. The van der Waals surface area contributed by atoms with Crippen molar-refractivity contribution in [3.05, 3.63) is 70.8 Å². The third-order valence-electron chi connectivity index (χ3n) is 3.44. The van der Waals surface area contributed by atoms with Crippen LogP contribution in [0.5, 0.6) is 0 Å². The van der Waals surface area contributed by atoms with E-state index in [2.05, 4.69) is 6.07 Å². The second-order valence-corrected chi connectivity index (χ2v) is 5.04. The minimum absolute atomic E-state index is 0.0293. The number of rotatable bonds is 4. The molecule has 2 heteroatoms. The lowest BCUT2D eigenvalue weighted by molar-refractivity contribution is 0.0978. The van der Waals surface area contributed by atoms with E-state index in [0.29, 0.717) is 0 Å². The van der Waals surface area contributed by atoms with E-state index in [-0.39, 0.29) is 18.1 Å². The first kappa shape index (κ1) is 14.0. The van der Waals surface area contributed by atoms with Crippen LogP contribution >= 0.6 is 0 Å². The number of benzene rings is 2. The first-order chi connectivity index (χ1) is 9.61. The number of nitriles is 1. The van der Waals surface area contributed by atoms with Gasteiger partial charge in [0.05, 0.1) is 12.0 Å². The molecule has 2 aromatic carbocycles. The van der Waals surface area contributed by atoms with Crippen LogP contribution in [0.3, 0.4) is 0 Å². The first-order valence-electron chi connectivity index (χ1n) is 6.67. The summed E-state index contributed by atoms with van der Waals surface area (Å²) in [6.45, 7) is 3.89. The van der Waals surface area contributed by atoms with Crippen LogP contribution in [0.1, 0.15) is 39.4 Å². The topological polar surface area (TPSA) is 40.9 Å². The number of nitrogens with zero attached hydrogens (tertiary/aromatic N) is 1. The fraction of sp³-hybridized carbons (Fsp3) is 0.222. The van der Waals surface area contributed by atoms with Crippen LogP contribution in [0.25, 0.3) is 0 Å². The summed E-state index contributed by atoms with van der Waals surface area (Å²) < 4.78 is 0. The van der Waals surface area contributed by atoms with Crippen molar-refractivity contribution in [2.45, 2.75) is 26.2 Å². The molecule has 0 heterocycles. The van der Waals surface area contributed by atoms with Crippen LogP contribution in [-0.2, 0) is 0 Å². The number of aryl methyl sites for hydroxylation is 2. The van der Waals surface area contributed by atoms with Crippen LogP contribution < -0.4 is 0 Å². The van der Waals surface area contributed by atoms with Crippen LogP contribution in [0.15, 0.2) is 48.5 Å². The highest BCUT2D eigenvalue weighted by atomic mass is 16.1. The molecule has 0 aliphatic rings. The van der Waals surface area contributed by atoms with Gasteiger partial charge in [0.1, 0.15) is 0 Å². The van der Waals surface area contributed by atoms with E-state index < -0.39 is 0 Å². The molecule has 2 nitrogen and oxygen atoms in total. The van der Waals surface area contributed by atoms with E-state index in [0.717, 1.165) is 22.3 Å². The number of carbonyl (C=O) groups is 1. The SMILES string of the molecule is Cc1ccc(C)c(C(=O)CC(C#N)c2ccccc2)c1. The van der Waals surface area contributed by atoms with Crippen molar-refractivity contribution in [3.8, 4) is 6.07 Å². The van der Waals surface area contributed by atoms with Crippen molar-refractivity contribution in [3.63, 3.8) is 0 Å². The quantitative estimate of drug-likeness (QED) is 0.776. The summed E-state index contributed by atoms with van der Waals surface area (Å²) in [6, 6.07) is 17.5. The molecule has 0 radical (unpaired) electrons. The zero-order chi connectivity index (χ0) is 14.5. The monoisotopic (exact) mass is 263 g/mol. The Morgan fingerprint density at radius 2 is 1.85 bits per heavy atom. The Balaban J connectivity index is 2.22. The summed E-state index contributed by atoms with van der Waals surface area (Å²) in [6.07, 6.45) is 0.227. The van der Waals surface area contributed by atoms with Gasteiger partial charge in [-0.15, -0.1) is 0 Å². The second-order valence-electron chi connectivity index (χ2n) is 5.04. The summed E-state index contributed by atoms with van der Waals surface area (Å²) in [5.41, 5.74) is 3.65. The zero-order valence-corrected chi connectivity index (χ0v) is 11.8. The van der Waals surface area contributed by atoms with E-state index in [1.54, 1.807) is 0 Å². The summed E-state index contributed by atoms with van der Waals surface area (Å²) in [7, 11) is 0. The molecule has 0 aromatic heterocycles. The minimum atomic E-state index is -0.386. The molecule has 0 amide bonds. The van der Waals surface area contributed by atoms with Gasteiger partial charge in [0.2, 0.25) is 0 Å². The van der Waals surface area contributed by atoms with Gasteiger partial charge in [0.25, 0.3) is 0 Å². The molecule has 0 N–H and O–H groups in total. The molecule has 20 heavy (non-hydrogen) atoms.